The number of anilines is 1. The third kappa shape index (κ3) is 5.17. The molecular weight excluding hydrogens is 468 g/mol. The van der Waals surface area contributed by atoms with Crippen LogP contribution in [0.4, 0.5) is 10.1 Å². The Kier molecular flexibility index (Phi) is 7.51. The Labute approximate surface area is 189 Å². The summed E-state index contributed by atoms with van der Waals surface area (Å²) >= 11 is 12.4. The van der Waals surface area contributed by atoms with Crippen LogP contribution in [0, 0.1) is 17.1 Å². The van der Waals surface area contributed by atoms with Crippen molar-refractivity contribution in [3.05, 3.63) is 57.8 Å². The highest BCUT2D eigenvalue weighted by atomic mass is 35.5. The number of sulfonamides is 1. The van der Waals surface area contributed by atoms with E-state index in [9.17, 15) is 17.6 Å². The van der Waals surface area contributed by atoms with Crippen LogP contribution in [0.2, 0.25) is 10.0 Å². The molecule has 11 heteroatoms. The Morgan fingerprint density at radius 3 is 2.42 bits per heavy atom. The molecule has 0 aromatic heterocycles. The first-order valence-electron chi connectivity index (χ1n) is 9.27. The predicted octanol–water partition coefficient (Wildman–Crippen LogP) is 3.71. The Hall–Kier alpha value is -2.22. The molecule has 0 N–H and O–H groups in total. The summed E-state index contributed by atoms with van der Waals surface area (Å²) in [6.07, 6.45) is 0.00720. The van der Waals surface area contributed by atoms with Gasteiger partial charge in [0.2, 0.25) is 10.0 Å². The van der Waals surface area contributed by atoms with Crippen molar-refractivity contribution in [3.63, 3.8) is 0 Å². The van der Waals surface area contributed by atoms with Gasteiger partial charge in [0.15, 0.2) is 0 Å². The highest BCUT2D eigenvalue weighted by Crippen LogP contribution is 2.32. The van der Waals surface area contributed by atoms with Gasteiger partial charge in [-0.2, -0.15) is 9.57 Å². The Morgan fingerprint density at radius 1 is 1.16 bits per heavy atom. The fourth-order valence-electron chi connectivity index (χ4n) is 3.09. The Morgan fingerprint density at radius 2 is 1.81 bits per heavy atom. The van der Waals surface area contributed by atoms with Crippen molar-refractivity contribution in [2.45, 2.75) is 11.3 Å². The van der Waals surface area contributed by atoms with E-state index in [1.54, 1.807) is 0 Å². The molecule has 0 unspecified atom stereocenters. The molecule has 2 aromatic carbocycles. The number of rotatable bonds is 6. The van der Waals surface area contributed by atoms with Crippen molar-refractivity contribution in [2.75, 3.05) is 37.7 Å². The number of nitriles is 1. The molecule has 0 saturated carbocycles. The first-order valence-corrected chi connectivity index (χ1v) is 11.5. The van der Waals surface area contributed by atoms with Crippen LogP contribution in [0.5, 0.6) is 0 Å². The van der Waals surface area contributed by atoms with Crippen LogP contribution in [0.1, 0.15) is 16.8 Å². The maximum absolute atomic E-state index is 13.3. The van der Waals surface area contributed by atoms with E-state index in [0.29, 0.717) is 5.69 Å². The molecule has 1 aliphatic rings. The lowest BCUT2D eigenvalue weighted by atomic mass is 10.1. The van der Waals surface area contributed by atoms with Crippen LogP contribution in [0.15, 0.2) is 41.3 Å². The van der Waals surface area contributed by atoms with Crippen molar-refractivity contribution in [1.82, 2.24) is 4.31 Å². The molecule has 0 bridgehead atoms. The van der Waals surface area contributed by atoms with Crippen molar-refractivity contribution in [1.29, 1.82) is 5.26 Å². The fraction of sp³-hybridized carbons (Fsp3) is 0.300. The number of morpholine rings is 1. The number of hydrogen-bond acceptors (Lipinski definition) is 5. The predicted molar refractivity (Wildman–Crippen MR) is 114 cm³/mol. The fourth-order valence-corrected chi connectivity index (χ4v) is 5.33. The first kappa shape index (κ1) is 23.4. The van der Waals surface area contributed by atoms with E-state index in [1.807, 2.05) is 6.07 Å². The molecule has 1 amide bonds. The summed E-state index contributed by atoms with van der Waals surface area (Å²) in [4.78, 5) is 14.3. The highest BCUT2D eigenvalue weighted by Gasteiger charge is 2.31. The van der Waals surface area contributed by atoms with E-state index < -0.39 is 21.7 Å². The largest absolute Gasteiger partial charge is 0.379 e. The van der Waals surface area contributed by atoms with Gasteiger partial charge in [-0.1, -0.05) is 23.2 Å². The van der Waals surface area contributed by atoms with E-state index in [1.165, 1.54) is 39.5 Å². The Balaban J connectivity index is 2.03. The van der Waals surface area contributed by atoms with E-state index in [4.69, 9.17) is 33.2 Å². The zero-order valence-corrected chi connectivity index (χ0v) is 18.6. The SMILES string of the molecule is N#CCCN(C(=O)c1cc(S(=O)(=O)N2CCOCC2)c(Cl)cc1Cl)c1ccc(F)cc1. The topological polar surface area (TPSA) is 90.7 Å². The Bertz CT molecular complexity index is 1110. The number of nitrogens with zero attached hydrogens (tertiary/aromatic N) is 3. The average Bonchev–Trinajstić information content (AvgIpc) is 2.75. The van der Waals surface area contributed by atoms with Crippen LogP contribution in [-0.4, -0.2) is 51.5 Å². The molecular formula is C20H18Cl2FN3O4S. The number of carbonyl (C=O) groups is 1. The van der Waals surface area contributed by atoms with Crippen LogP contribution >= 0.6 is 23.2 Å². The van der Waals surface area contributed by atoms with Crippen LogP contribution in [0.25, 0.3) is 0 Å². The summed E-state index contributed by atoms with van der Waals surface area (Å²) in [7, 11) is -3.99. The summed E-state index contributed by atoms with van der Waals surface area (Å²) < 4.78 is 45.9. The van der Waals surface area contributed by atoms with Crippen molar-refractivity contribution < 1.29 is 22.3 Å². The molecule has 0 radical (unpaired) electrons. The van der Waals surface area contributed by atoms with Crippen LogP contribution < -0.4 is 4.90 Å². The summed E-state index contributed by atoms with van der Waals surface area (Å²) in [5, 5.41) is 8.80. The number of hydrogen-bond donors (Lipinski definition) is 0. The van der Waals surface area contributed by atoms with Crippen LogP contribution in [-0.2, 0) is 14.8 Å². The molecule has 3 rings (SSSR count). The highest BCUT2D eigenvalue weighted by molar-refractivity contribution is 7.89. The third-order valence-electron chi connectivity index (χ3n) is 4.67. The molecule has 2 aromatic rings. The van der Waals surface area contributed by atoms with Gasteiger partial charge in [-0.05, 0) is 36.4 Å². The molecule has 1 saturated heterocycles. The summed E-state index contributed by atoms with van der Waals surface area (Å²) in [5.74, 6) is -1.12. The lowest BCUT2D eigenvalue weighted by molar-refractivity contribution is 0.0730. The van der Waals surface area contributed by atoms with Gasteiger partial charge in [0.1, 0.15) is 10.7 Å². The quantitative estimate of drug-likeness (QED) is 0.621. The van der Waals surface area contributed by atoms with E-state index >= 15 is 0 Å². The second kappa shape index (κ2) is 9.94. The number of carbonyl (C=O) groups excluding carboxylic acids is 1. The third-order valence-corrected chi connectivity index (χ3v) is 7.35. The van der Waals surface area contributed by atoms with E-state index in [0.717, 1.165) is 6.07 Å². The van der Waals surface area contributed by atoms with E-state index in [-0.39, 0.29) is 59.8 Å². The molecule has 0 spiro atoms. The van der Waals surface area contributed by atoms with Gasteiger partial charge < -0.3 is 9.64 Å². The lowest BCUT2D eigenvalue weighted by Crippen LogP contribution is -2.40. The van der Waals surface area contributed by atoms with Crippen molar-refractivity contribution in [2.24, 2.45) is 0 Å². The number of halogens is 3. The zero-order chi connectivity index (χ0) is 22.6. The molecule has 1 aliphatic heterocycles. The summed E-state index contributed by atoms with van der Waals surface area (Å²) in [6.45, 7) is 0.833. The van der Waals surface area contributed by atoms with E-state index in [2.05, 4.69) is 0 Å². The minimum absolute atomic E-state index is 0.00542. The van der Waals surface area contributed by atoms with Gasteiger partial charge >= 0.3 is 0 Å². The van der Waals surface area contributed by atoms with Gasteiger partial charge in [-0.15, -0.1) is 0 Å². The van der Waals surface area contributed by atoms with Crippen LogP contribution in [0.3, 0.4) is 0 Å². The molecule has 31 heavy (non-hydrogen) atoms. The molecule has 164 valence electrons. The normalized spacial score (nSPS) is 14.8. The maximum Gasteiger partial charge on any atom is 0.259 e. The molecule has 1 fully saturated rings. The standard InChI is InChI=1S/C20H18Cl2FN3O4S/c21-17-13-18(22)19(31(28,29)25-8-10-30-11-9-25)12-16(17)20(27)26(7-1-6-24)15-4-2-14(23)3-5-15/h2-5,12-13H,1,7-11H2. The molecule has 7 nitrogen and oxygen atoms in total. The van der Waals surface area contributed by atoms with Crippen molar-refractivity contribution >= 4 is 44.8 Å². The number of benzene rings is 2. The number of ether oxygens (including phenoxy) is 1. The minimum atomic E-state index is -3.99. The maximum atomic E-state index is 13.3. The smallest absolute Gasteiger partial charge is 0.259 e. The van der Waals surface area contributed by atoms with Gasteiger partial charge in [0.25, 0.3) is 5.91 Å². The minimum Gasteiger partial charge on any atom is -0.379 e. The average molecular weight is 486 g/mol. The second-order valence-electron chi connectivity index (χ2n) is 6.62. The van der Waals surface area contributed by atoms with Gasteiger partial charge in [0, 0.05) is 25.3 Å². The molecule has 1 heterocycles. The lowest BCUT2D eigenvalue weighted by Gasteiger charge is -2.27. The summed E-state index contributed by atoms with van der Waals surface area (Å²) in [5.41, 5.74) is 0.241. The molecule has 0 atom stereocenters. The zero-order valence-electron chi connectivity index (χ0n) is 16.2. The summed E-state index contributed by atoms with van der Waals surface area (Å²) in [6, 6.07) is 9.43. The first-order chi connectivity index (χ1) is 14.8. The molecule has 0 aliphatic carbocycles. The monoisotopic (exact) mass is 485 g/mol. The number of amides is 1. The van der Waals surface area contributed by atoms with Gasteiger partial charge in [-0.3, -0.25) is 4.79 Å². The second-order valence-corrected chi connectivity index (χ2v) is 9.34. The van der Waals surface area contributed by atoms with Gasteiger partial charge in [-0.25, -0.2) is 12.8 Å². The van der Waals surface area contributed by atoms with Gasteiger partial charge in [0.05, 0.1) is 41.3 Å². The van der Waals surface area contributed by atoms with Crippen molar-refractivity contribution in [3.8, 4) is 6.07 Å².